The number of benzene rings is 2. The molecule has 2 aromatic carbocycles. The Balaban J connectivity index is 2.33. The molecule has 0 saturated carbocycles. The number of aliphatic hydroxyl groups excluding tert-OH is 1. The standard InChI is InChI=1S/C19H24ClO5P/c1-3-24-26(22,25-4-2)19(23-14-15-10-6-5-7-11-15)18(21)16-12-8-9-13-17(16)20/h5-13,18-19,21H,3-4,14H2,1-2H3/t18-,19-/m1/s1. The van der Waals surface area contributed by atoms with Gasteiger partial charge in [0.25, 0.3) is 0 Å². The van der Waals surface area contributed by atoms with Crippen LogP contribution >= 0.6 is 19.2 Å². The predicted octanol–water partition coefficient (Wildman–Crippen LogP) is 5.18. The lowest BCUT2D eigenvalue weighted by Crippen LogP contribution is -2.25. The first-order valence-electron chi connectivity index (χ1n) is 8.48. The molecule has 0 aromatic heterocycles. The van der Waals surface area contributed by atoms with Crippen molar-refractivity contribution in [3.8, 4) is 0 Å². The lowest BCUT2D eigenvalue weighted by atomic mass is 10.1. The Hall–Kier alpha value is -1.20. The third-order valence-electron chi connectivity index (χ3n) is 3.69. The third-order valence-corrected chi connectivity index (χ3v) is 6.32. The molecule has 0 bridgehead atoms. The van der Waals surface area contributed by atoms with E-state index in [4.69, 9.17) is 25.4 Å². The molecular formula is C19H24ClO5P. The van der Waals surface area contributed by atoms with Crippen LogP contribution in [0.2, 0.25) is 5.02 Å². The first-order valence-corrected chi connectivity index (χ1v) is 10.5. The lowest BCUT2D eigenvalue weighted by molar-refractivity contribution is -0.0204. The van der Waals surface area contributed by atoms with Crippen LogP contribution in [0.25, 0.3) is 0 Å². The van der Waals surface area contributed by atoms with Crippen LogP contribution < -0.4 is 0 Å². The van der Waals surface area contributed by atoms with E-state index in [9.17, 15) is 9.67 Å². The Labute approximate surface area is 159 Å². The van der Waals surface area contributed by atoms with Gasteiger partial charge in [-0.25, -0.2) is 0 Å². The molecule has 0 amide bonds. The largest absolute Gasteiger partial charge is 0.385 e. The van der Waals surface area contributed by atoms with Gasteiger partial charge in [-0.15, -0.1) is 0 Å². The van der Waals surface area contributed by atoms with E-state index in [1.807, 2.05) is 30.3 Å². The maximum absolute atomic E-state index is 13.3. The zero-order chi connectivity index (χ0) is 19.0. The van der Waals surface area contributed by atoms with Gasteiger partial charge in [-0.05, 0) is 25.5 Å². The number of hydrogen-bond acceptors (Lipinski definition) is 5. The Kier molecular flexibility index (Phi) is 8.29. The van der Waals surface area contributed by atoms with Crippen molar-refractivity contribution in [1.29, 1.82) is 0 Å². The molecule has 0 aliphatic carbocycles. The molecule has 2 rings (SSSR count). The Bertz CT molecular complexity index is 715. The summed E-state index contributed by atoms with van der Waals surface area (Å²) in [7, 11) is -3.74. The summed E-state index contributed by atoms with van der Waals surface area (Å²) in [6, 6.07) is 16.2. The molecule has 26 heavy (non-hydrogen) atoms. The molecule has 0 aliphatic heterocycles. The van der Waals surface area contributed by atoms with Crippen LogP contribution in [0.4, 0.5) is 0 Å². The molecule has 0 aliphatic rings. The van der Waals surface area contributed by atoms with Crippen LogP contribution in [0.5, 0.6) is 0 Å². The molecule has 0 spiro atoms. The van der Waals surface area contributed by atoms with E-state index >= 15 is 0 Å². The SMILES string of the molecule is CCOP(=O)(OCC)[C@@H](OCc1ccccc1)[C@H](O)c1ccccc1Cl. The van der Waals surface area contributed by atoms with E-state index in [2.05, 4.69) is 0 Å². The van der Waals surface area contributed by atoms with Crippen LogP contribution in [0.15, 0.2) is 54.6 Å². The quantitative estimate of drug-likeness (QED) is 0.558. The van der Waals surface area contributed by atoms with Crippen molar-refractivity contribution in [3.05, 3.63) is 70.7 Å². The van der Waals surface area contributed by atoms with Gasteiger partial charge in [-0.3, -0.25) is 4.57 Å². The molecule has 1 N–H and O–H groups in total. The van der Waals surface area contributed by atoms with Gasteiger partial charge in [0.2, 0.25) is 0 Å². The maximum atomic E-state index is 13.3. The summed E-state index contributed by atoms with van der Waals surface area (Å²) in [6.45, 7) is 3.90. The second kappa shape index (κ2) is 10.2. The molecule has 0 fully saturated rings. The van der Waals surface area contributed by atoms with Gasteiger partial charge < -0.3 is 18.9 Å². The first-order chi connectivity index (χ1) is 12.5. The summed E-state index contributed by atoms with van der Waals surface area (Å²) in [5, 5.41) is 11.2. The van der Waals surface area contributed by atoms with Gasteiger partial charge in [-0.2, -0.15) is 0 Å². The molecule has 0 unspecified atom stereocenters. The van der Waals surface area contributed by atoms with Crippen LogP contribution in [0.3, 0.4) is 0 Å². The van der Waals surface area contributed by atoms with Crippen molar-refractivity contribution in [2.45, 2.75) is 32.4 Å². The molecule has 5 nitrogen and oxygen atoms in total. The van der Waals surface area contributed by atoms with Gasteiger partial charge in [0.05, 0.1) is 19.8 Å². The minimum atomic E-state index is -3.74. The number of hydrogen-bond donors (Lipinski definition) is 1. The van der Waals surface area contributed by atoms with E-state index < -0.39 is 19.5 Å². The minimum Gasteiger partial charge on any atom is -0.385 e. The average Bonchev–Trinajstić information content (AvgIpc) is 2.63. The van der Waals surface area contributed by atoms with Crippen molar-refractivity contribution >= 4 is 19.2 Å². The number of aliphatic hydroxyl groups is 1. The second-order valence-corrected chi connectivity index (χ2v) is 8.04. The minimum absolute atomic E-state index is 0.150. The smallest absolute Gasteiger partial charge is 0.362 e. The number of rotatable bonds is 10. The van der Waals surface area contributed by atoms with E-state index in [1.54, 1.807) is 38.1 Å². The molecular weight excluding hydrogens is 375 g/mol. The summed E-state index contributed by atoms with van der Waals surface area (Å²) in [5.41, 5.74) is 1.29. The number of ether oxygens (including phenoxy) is 1. The molecule has 2 aromatic rings. The predicted molar refractivity (Wildman–Crippen MR) is 102 cm³/mol. The summed E-state index contributed by atoms with van der Waals surface area (Å²) in [5.74, 6) is -1.21. The van der Waals surface area contributed by atoms with E-state index in [0.717, 1.165) is 5.56 Å². The summed E-state index contributed by atoms with van der Waals surface area (Å²) in [6.07, 6.45) is -1.27. The zero-order valence-electron chi connectivity index (χ0n) is 14.9. The van der Waals surface area contributed by atoms with Crippen LogP contribution in [-0.4, -0.2) is 24.2 Å². The van der Waals surface area contributed by atoms with Gasteiger partial charge >= 0.3 is 7.60 Å². The van der Waals surface area contributed by atoms with Crippen LogP contribution in [0, 0.1) is 0 Å². The van der Waals surface area contributed by atoms with Gasteiger partial charge in [-0.1, -0.05) is 60.1 Å². The summed E-state index contributed by atoms with van der Waals surface area (Å²) >= 11 is 6.20. The van der Waals surface area contributed by atoms with Crippen molar-refractivity contribution in [2.75, 3.05) is 13.2 Å². The average molecular weight is 399 g/mol. The fourth-order valence-corrected chi connectivity index (χ4v) is 4.62. The summed E-state index contributed by atoms with van der Waals surface area (Å²) < 4.78 is 30.0. The Morgan fingerprint density at radius 1 is 1.00 bits per heavy atom. The highest BCUT2D eigenvalue weighted by Crippen LogP contribution is 2.57. The Morgan fingerprint density at radius 3 is 2.15 bits per heavy atom. The molecule has 142 valence electrons. The van der Waals surface area contributed by atoms with E-state index in [-0.39, 0.29) is 19.8 Å². The molecule has 0 radical (unpaired) electrons. The lowest BCUT2D eigenvalue weighted by Gasteiger charge is -2.30. The molecule has 0 saturated heterocycles. The molecule has 7 heteroatoms. The fraction of sp³-hybridized carbons (Fsp3) is 0.368. The van der Waals surface area contributed by atoms with Gasteiger partial charge in [0, 0.05) is 10.6 Å². The van der Waals surface area contributed by atoms with Gasteiger partial charge in [0.1, 0.15) is 6.10 Å². The fourth-order valence-electron chi connectivity index (χ4n) is 2.52. The normalized spacial score (nSPS) is 14.2. The monoisotopic (exact) mass is 398 g/mol. The topological polar surface area (TPSA) is 65.0 Å². The first kappa shape index (κ1) is 21.1. The zero-order valence-corrected chi connectivity index (χ0v) is 16.5. The highest BCUT2D eigenvalue weighted by Gasteiger charge is 2.43. The van der Waals surface area contributed by atoms with Crippen molar-refractivity contribution in [2.24, 2.45) is 0 Å². The van der Waals surface area contributed by atoms with Crippen molar-refractivity contribution in [3.63, 3.8) is 0 Å². The van der Waals surface area contributed by atoms with Crippen LogP contribution in [-0.2, 0) is 25.0 Å². The second-order valence-electron chi connectivity index (χ2n) is 5.53. The highest BCUT2D eigenvalue weighted by molar-refractivity contribution is 7.54. The number of halogens is 1. The highest BCUT2D eigenvalue weighted by atomic mass is 35.5. The Morgan fingerprint density at radius 2 is 1.58 bits per heavy atom. The maximum Gasteiger partial charge on any atom is 0.362 e. The summed E-state index contributed by atoms with van der Waals surface area (Å²) in [4.78, 5) is 0. The molecule has 2 atom stereocenters. The van der Waals surface area contributed by atoms with E-state index in [0.29, 0.717) is 10.6 Å². The molecule has 0 heterocycles. The third kappa shape index (κ3) is 5.40. The van der Waals surface area contributed by atoms with Crippen molar-refractivity contribution in [1.82, 2.24) is 0 Å². The van der Waals surface area contributed by atoms with Crippen molar-refractivity contribution < 1.29 is 23.5 Å². The van der Waals surface area contributed by atoms with Crippen LogP contribution in [0.1, 0.15) is 31.1 Å². The van der Waals surface area contributed by atoms with E-state index in [1.165, 1.54) is 0 Å². The van der Waals surface area contributed by atoms with Gasteiger partial charge in [0.15, 0.2) is 5.85 Å².